The summed E-state index contributed by atoms with van der Waals surface area (Å²) < 4.78 is 89.8. The normalized spacial score (nSPS) is 14.3. The average Bonchev–Trinajstić information content (AvgIpc) is 2.00. The highest BCUT2D eigenvalue weighted by Gasteiger charge is 2.76. The summed E-state index contributed by atoms with van der Waals surface area (Å²) in [5, 5.41) is -2.97. The molecule has 10 heteroatoms. The number of carbonyl (C=O) groups excluding carboxylic acids is 1. The van der Waals surface area contributed by atoms with Crippen molar-refractivity contribution in [3.05, 3.63) is 0 Å². The van der Waals surface area contributed by atoms with E-state index < -0.39 is 35.2 Å². The van der Waals surface area contributed by atoms with Crippen LogP contribution >= 0.6 is 12.0 Å². The van der Waals surface area contributed by atoms with Crippen LogP contribution in [0.1, 0.15) is 0 Å². The summed E-state index contributed by atoms with van der Waals surface area (Å²) in [6.07, 6.45) is -6.57. The molecule has 0 fully saturated rings. The van der Waals surface area contributed by atoms with Crippen LogP contribution in [-0.4, -0.2) is 27.7 Å². The topological polar surface area (TPSA) is 37.3 Å². The first-order chi connectivity index (χ1) is 5.98. The summed E-state index contributed by atoms with van der Waals surface area (Å²) in [6.45, 7) is 0. The summed E-state index contributed by atoms with van der Waals surface area (Å²) in [4.78, 5) is 9.91. The molecule has 0 saturated carbocycles. The van der Waals surface area contributed by atoms with Gasteiger partial charge in [-0.3, -0.25) is 4.79 Å². The predicted molar refractivity (Wildman–Crippen MR) is 31.2 cm³/mol. The summed E-state index contributed by atoms with van der Waals surface area (Å²) >= 11 is -1.39. The van der Waals surface area contributed by atoms with Gasteiger partial charge in [0.05, 0.1) is 12.0 Å². The predicted octanol–water partition coefficient (Wildman–Crippen LogP) is 2.55. The number of rotatable bonds is 2. The minimum atomic E-state index is -6.57. The third kappa shape index (κ3) is 1.95. The molecule has 0 saturated heterocycles. The minimum absolute atomic E-state index is 1.39. The van der Waals surface area contributed by atoms with Crippen molar-refractivity contribution >= 4 is 17.2 Å². The Labute approximate surface area is 76.3 Å². The second kappa shape index (κ2) is 3.57. The first-order valence-electron chi connectivity index (χ1n) is 2.66. The standard InChI is InChI=1S/C4HF7O2S/c5-2(6,1(12)14-13)3(7,8)4(9,10)11/h13H. The second-order valence-corrected chi connectivity index (χ2v) is 2.58. The van der Waals surface area contributed by atoms with Crippen molar-refractivity contribution in [2.75, 3.05) is 0 Å². The van der Waals surface area contributed by atoms with E-state index in [0.717, 1.165) is 0 Å². The van der Waals surface area contributed by atoms with Crippen LogP contribution in [0.25, 0.3) is 0 Å². The number of alkyl halides is 7. The van der Waals surface area contributed by atoms with Crippen molar-refractivity contribution in [1.82, 2.24) is 0 Å². The number of halogens is 7. The Morgan fingerprint density at radius 2 is 1.36 bits per heavy atom. The molecule has 2 nitrogen and oxygen atoms in total. The summed E-state index contributed by atoms with van der Waals surface area (Å²) in [7, 11) is 0. The van der Waals surface area contributed by atoms with E-state index in [1.54, 1.807) is 0 Å². The molecule has 0 aromatic rings. The van der Waals surface area contributed by atoms with E-state index in [0.29, 0.717) is 0 Å². The maximum Gasteiger partial charge on any atom is 0.460 e. The molecule has 84 valence electrons. The Hall–Kier alpha value is -0.510. The molecule has 0 atom stereocenters. The van der Waals surface area contributed by atoms with Gasteiger partial charge in [-0.05, 0) is 0 Å². The van der Waals surface area contributed by atoms with Crippen LogP contribution < -0.4 is 0 Å². The number of carbonyl (C=O) groups is 1. The van der Waals surface area contributed by atoms with E-state index in [2.05, 4.69) is 0 Å². The van der Waals surface area contributed by atoms with E-state index in [-0.39, 0.29) is 0 Å². The highest BCUT2D eigenvalue weighted by atomic mass is 32.2. The van der Waals surface area contributed by atoms with Crippen molar-refractivity contribution in [3.8, 4) is 0 Å². The first-order valence-corrected chi connectivity index (χ1v) is 3.44. The van der Waals surface area contributed by atoms with Crippen LogP contribution in [0.2, 0.25) is 0 Å². The van der Waals surface area contributed by atoms with Crippen LogP contribution in [0, 0.1) is 0 Å². The molecular weight excluding hydrogens is 245 g/mol. The van der Waals surface area contributed by atoms with E-state index in [9.17, 15) is 35.5 Å². The van der Waals surface area contributed by atoms with Crippen molar-refractivity contribution in [3.63, 3.8) is 0 Å². The zero-order chi connectivity index (χ0) is 11.8. The number of hydrogen-bond acceptors (Lipinski definition) is 3. The molecule has 0 aliphatic heterocycles. The lowest BCUT2D eigenvalue weighted by Gasteiger charge is -2.25. The second-order valence-electron chi connectivity index (χ2n) is 2.03. The highest BCUT2D eigenvalue weighted by Crippen LogP contribution is 2.47. The molecule has 0 aromatic heterocycles. The molecule has 0 rings (SSSR count). The van der Waals surface area contributed by atoms with Crippen molar-refractivity contribution in [2.24, 2.45) is 0 Å². The fourth-order valence-electron chi connectivity index (χ4n) is 0.364. The van der Waals surface area contributed by atoms with Crippen molar-refractivity contribution in [1.29, 1.82) is 0 Å². The van der Waals surface area contributed by atoms with Crippen LogP contribution in [0.4, 0.5) is 30.7 Å². The molecule has 0 heterocycles. The van der Waals surface area contributed by atoms with Gasteiger partial charge in [-0.15, -0.1) is 0 Å². The Kier molecular flexibility index (Phi) is 3.44. The van der Waals surface area contributed by atoms with Crippen LogP contribution in [0.3, 0.4) is 0 Å². The molecule has 0 bridgehead atoms. The van der Waals surface area contributed by atoms with Gasteiger partial charge in [0.2, 0.25) is 0 Å². The van der Waals surface area contributed by atoms with Crippen LogP contribution in [-0.2, 0) is 4.79 Å². The Morgan fingerprint density at radius 1 is 1.00 bits per heavy atom. The largest absolute Gasteiger partial charge is 0.460 e. The summed E-state index contributed by atoms with van der Waals surface area (Å²) in [5.41, 5.74) is 0. The van der Waals surface area contributed by atoms with E-state index >= 15 is 0 Å². The van der Waals surface area contributed by atoms with Gasteiger partial charge in [0.25, 0.3) is 5.12 Å². The maximum atomic E-state index is 12.1. The monoisotopic (exact) mass is 246 g/mol. The molecule has 14 heavy (non-hydrogen) atoms. The van der Waals surface area contributed by atoms with Gasteiger partial charge in [0.1, 0.15) is 0 Å². The third-order valence-electron chi connectivity index (χ3n) is 1.09. The lowest BCUT2D eigenvalue weighted by molar-refractivity contribution is -0.341. The molecule has 0 aromatic carbocycles. The SMILES string of the molecule is O=C(SO)C(F)(F)C(F)(F)C(F)(F)F. The van der Waals surface area contributed by atoms with Gasteiger partial charge in [0, 0.05) is 0 Å². The van der Waals surface area contributed by atoms with Crippen molar-refractivity contribution < 1.29 is 40.1 Å². The van der Waals surface area contributed by atoms with Gasteiger partial charge in [-0.1, -0.05) is 0 Å². The van der Waals surface area contributed by atoms with Gasteiger partial charge in [-0.25, -0.2) is 0 Å². The lowest BCUT2D eigenvalue weighted by Crippen LogP contribution is -2.55. The molecule has 0 spiro atoms. The zero-order valence-corrected chi connectivity index (χ0v) is 6.73. The lowest BCUT2D eigenvalue weighted by atomic mass is 10.2. The molecule has 0 amide bonds. The van der Waals surface area contributed by atoms with E-state index in [4.69, 9.17) is 4.55 Å². The third-order valence-corrected chi connectivity index (χ3v) is 1.51. The fraction of sp³-hybridized carbons (Fsp3) is 0.750. The van der Waals surface area contributed by atoms with Crippen LogP contribution in [0.5, 0.6) is 0 Å². The average molecular weight is 246 g/mol. The first kappa shape index (κ1) is 13.5. The Balaban J connectivity index is 5.18. The smallest absolute Gasteiger partial charge is 0.323 e. The molecule has 0 aliphatic rings. The van der Waals surface area contributed by atoms with Gasteiger partial charge >= 0.3 is 18.0 Å². The quantitative estimate of drug-likeness (QED) is 0.601. The number of hydrogen-bond donors (Lipinski definition) is 1. The Bertz CT molecular complexity index is 234. The van der Waals surface area contributed by atoms with Crippen LogP contribution in [0.15, 0.2) is 0 Å². The van der Waals surface area contributed by atoms with E-state index in [1.807, 2.05) is 0 Å². The molecule has 0 aliphatic carbocycles. The maximum absolute atomic E-state index is 12.1. The van der Waals surface area contributed by atoms with Crippen molar-refractivity contribution in [2.45, 2.75) is 18.0 Å². The van der Waals surface area contributed by atoms with Gasteiger partial charge in [0.15, 0.2) is 0 Å². The van der Waals surface area contributed by atoms with E-state index in [1.165, 1.54) is 0 Å². The molecule has 1 N–H and O–H groups in total. The molecular formula is C4HF7O2S. The minimum Gasteiger partial charge on any atom is -0.323 e. The highest BCUT2D eigenvalue weighted by molar-refractivity contribution is 8.09. The molecule has 0 radical (unpaired) electrons. The zero-order valence-electron chi connectivity index (χ0n) is 5.91. The summed E-state index contributed by atoms with van der Waals surface area (Å²) in [6, 6.07) is 0. The fourth-order valence-corrected chi connectivity index (χ4v) is 0.606. The van der Waals surface area contributed by atoms with Gasteiger partial charge < -0.3 is 4.55 Å². The molecule has 0 unspecified atom stereocenters. The van der Waals surface area contributed by atoms with Gasteiger partial charge in [-0.2, -0.15) is 30.7 Å². The Morgan fingerprint density at radius 3 is 1.57 bits per heavy atom. The summed E-state index contributed by atoms with van der Waals surface area (Å²) in [5.74, 6) is -12.5.